The van der Waals surface area contributed by atoms with E-state index in [1.165, 1.54) is 34.6 Å². The molecule has 1 N–H and O–H groups in total. The summed E-state index contributed by atoms with van der Waals surface area (Å²) in [6, 6.07) is 7.28. The Morgan fingerprint density at radius 1 is 0.761 bits per heavy atom. The molecule has 1 aliphatic heterocycles. The molecule has 0 spiro atoms. The van der Waals surface area contributed by atoms with E-state index < -0.39 is 60.5 Å². The molecule has 5 atom stereocenters. The molecule has 4 aromatic rings. The van der Waals surface area contributed by atoms with E-state index in [2.05, 4.69) is 4.98 Å². The van der Waals surface area contributed by atoms with Crippen LogP contribution in [-0.2, 0) is 47.7 Å². The van der Waals surface area contributed by atoms with Gasteiger partial charge in [-0.25, -0.2) is 0 Å². The van der Waals surface area contributed by atoms with Crippen LogP contribution < -0.4 is 9.30 Å². The van der Waals surface area contributed by atoms with Gasteiger partial charge in [0.1, 0.15) is 18.5 Å². The van der Waals surface area contributed by atoms with Crippen molar-refractivity contribution in [1.29, 1.82) is 0 Å². The molecule has 46 heavy (non-hydrogen) atoms. The lowest BCUT2D eigenvalue weighted by atomic mass is 9.95. The van der Waals surface area contributed by atoms with Gasteiger partial charge in [0.2, 0.25) is 6.10 Å². The molecule has 13 nitrogen and oxygen atoms in total. The minimum atomic E-state index is -1.30. The second kappa shape index (κ2) is 12.8. The van der Waals surface area contributed by atoms with Crippen LogP contribution in [0.25, 0.3) is 32.6 Å². The molecule has 0 unspecified atom stereocenters. The van der Waals surface area contributed by atoms with E-state index in [1.807, 2.05) is 38.2 Å². The summed E-state index contributed by atoms with van der Waals surface area (Å²) < 4.78 is 35.4. The van der Waals surface area contributed by atoms with Crippen molar-refractivity contribution in [2.45, 2.75) is 79.1 Å². The molecule has 242 valence electrons. The highest BCUT2D eigenvalue weighted by Crippen LogP contribution is 2.38. The van der Waals surface area contributed by atoms with Gasteiger partial charge in [0.25, 0.3) is 0 Å². The lowest BCUT2D eigenvalue weighted by Crippen LogP contribution is -2.65. The van der Waals surface area contributed by atoms with Crippen LogP contribution in [0.4, 0.5) is 0 Å². The first-order valence-corrected chi connectivity index (χ1v) is 14.6. The number of carbonyl (C=O) groups is 5. The van der Waals surface area contributed by atoms with Gasteiger partial charge in [-0.3, -0.25) is 24.0 Å². The lowest BCUT2D eigenvalue weighted by molar-refractivity contribution is -0.776. The van der Waals surface area contributed by atoms with Crippen molar-refractivity contribution >= 4 is 62.4 Å². The zero-order valence-electron chi connectivity index (χ0n) is 26.5. The van der Waals surface area contributed by atoms with Crippen LogP contribution in [0.1, 0.15) is 52.0 Å². The van der Waals surface area contributed by atoms with Crippen LogP contribution in [-0.4, -0.2) is 65.9 Å². The number of aromatic amines is 1. The number of hydrogen-bond donors (Lipinski definition) is 1. The molecule has 5 rings (SSSR count). The van der Waals surface area contributed by atoms with Gasteiger partial charge >= 0.3 is 36.1 Å². The number of carbonyl (C=O) groups excluding carboxylic acids is 5. The number of fused-ring (bicyclic) bond motifs is 4. The quantitative estimate of drug-likeness (QED) is 0.137. The maximum Gasteiger partial charge on any atom is 0.308 e. The van der Waals surface area contributed by atoms with Gasteiger partial charge in [-0.15, -0.1) is 0 Å². The Morgan fingerprint density at radius 2 is 1.41 bits per heavy atom. The number of esters is 5. The summed E-state index contributed by atoms with van der Waals surface area (Å²) in [4.78, 5) is 63.6. The summed E-state index contributed by atoms with van der Waals surface area (Å²) in [7, 11) is 0. The topological polar surface area (TPSA) is 160 Å². The minimum absolute atomic E-state index is 0.332. The molecule has 0 saturated carbocycles. The molecule has 1 saturated heterocycles. The fourth-order valence-electron chi connectivity index (χ4n) is 6.08. The van der Waals surface area contributed by atoms with E-state index in [0.29, 0.717) is 5.75 Å². The average molecular weight is 636 g/mol. The summed E-state index contributed by atoms with van der Waals surface area (Å²) in [5.41, 5.74) is 3.65. The van der Waals surface area contributed by atoms with E-state index in [1.54, 1.807) is 16.8 Å². The van der Waals surface area contributed by atoms with Crippen LogP contribution in [0.5, 0.6) is 5.75 Å². The molecule has 0 radical (unpaired) electrons. The number of nitrogens with one attached hydrogen (secondary N) is 1. The summed E-state index contributed by atoms with van der Waals surface area (Å²) in [6.45, 7) is 9.73. The molecule has 13 heteroatoms. The fraction of sp³-hybridized carbons (Fsp3) is 0.394. The highest BCUT2D eigenvalue weighted by molar-refractivity contribution is 6.16. The summed E-state index contributed by atoms with van der Waals surface area (Å²) in [6.07, 6.45) is -2.44. The van der Waals surface area contributed by atoms with Crippen molar-refractivity contribution in [1.82, 2.24) is 4.98 Å². The number of aromatic nitrogens is 2. The number of nitrogens with zero attached hydrogens (tertiary/aromatic N) is 1. The van der Waals surface area contributed by atoms with Crippen molar-refractivity contribution in [2.24, 2.45) is 0 Å². The highest BCUT2D eigenvalue weighted by Gasteiger charge is 2.56. The molecule has 0 aliphatic carbocycles. The van der Waals surface area contributed by atoms with E-state index in [4.69, 9.17) is 28.4 Å². The lowest BCUT2D eigenvalue weighted by Gasteiger charge is -2.41. The summed E-state index contributed by atoms with van der Waals surface area (Å²) >= 11 is 0. The second-order valence-corrected chi connectivity index (χ2v) is 11.2. The second-order valence-electron chi connectivity index (χ2n) is 11.2. The van der Waals surface area contributed by atoms with Gasteiger partial charge in [-0.2, -0.15) is 4.57 Å². The normalized spacial score (nSPS) is 21.2. The maximum atomic E-state index is 12.4. The van der Waals surface area contributed by atoms with E-state index in [9.17, 15) is 24.0 Å². The van der Waals surface area contributed by atoms with Gasteiger partial charge < -0.3 is 33.4 Å². The molecule has 1 fully saturated rings. The number of hydrogen-bond acceptors (Lipinski definition) is 11. The number of H-pyrrole nitrogens is 1. The number of ether oxygens (including phenoxy) is 6. The van der Waals surface area contributed by atoms with Crippen molar-refractivity contribution in [3.05, 3.63) is 47.8 Å². The van der Waals surface area contributed by atoms with E-state index in [-0.39, 0.29) is 6.61 Å². The number of pyridine rings is 1. The predicted molar refractivity (Wildman–Crippen MR) is 161 cm³/mol. The molecular formula is C33H35N2O11+. The largest absolute Gasteiger partial charge is 0.463 e. The average Bonchev–Trinajstić information content (AvgIpc) is 3.35. The monoisotopic (exact) mass is 635 g/mol. The molecule has 2 aromatic carbocycles. The van der Waals surface area contributed by atoms with Crippen molar-refractivity contribution in [3.63, 3.8) is 0 Å². The number of rotatable bonds is 7. The SMILES string of the molecule is CC(=O)OC[C@@H]1O[C@H]([n+]2ccc3c(C)c4[nH]c5ccc(OC(C)=O)cc5c4c(C)c3c2)[C@@H](OC(C)=O)[C@H](OC(C)=O)[C@H]1OC(C)=O. The van der Waals surface area contributed by atoms with Gasteiger partial charge in [0.15, 0.2) is 24.6 Å². The van der Waals surface area contributed by atoms with Crippen molar-refractivity contribution in [2.75, 3.05) is 6.61 Å². The van der Waals surface area contributed by atoms with Crippen molar-refractivity contribution < 1.29 is 57.0 Å². The Labute approximate surface area is 263 Å². The maximum absolute atomic E-state index is 12.4. The Balaban J connectivity index is 1.69. The number of benzene rings is 2. The van der Waals surface area contributed by atoms with Crippen LogP contribution in [0.3, 0.4) is 0 Å². The Hall–Kier alpha value is -5.04. The first-order valence-electron chi connectivity index (χ1n) is 14.6. The standard InChI is InChI=1S/C33H34N2O11/c1-15-25-13-35(11-10-23(25)16(2)29-28(15)24-12-22(42-18(4)37)8-9-26(24)34-29)33-32(45-21(7)40)31(44-20(6)39)30(43-19(5)38)27(46-33)14-41-17(3)36/h8-13,27,30-33H,14H2,1-7H3/p+1/t27-,30-,31+,32-,33-/m0/s1. The van der Waals surface area contributed by atoms with E-state index in [0.717, 1.165) is 43.7 Å². The summed E-state index contributed by atoms with van der Waals surface area (Å²) in [5.74, 6) is -2.72. The van der Waals surface area contributed by atoms with Crippen molar-refractivity contribution in [3.8, 4) is 5.75 Å². The first kappa shape index (κ1) is 32.4. The predicted octanol–water partition coefficient (Wildman–Crippen LogP) is 3.56. The molecule has 3 heterocycles. The van der Waals surface area contributed by atoms with Gasteiger partial charge in [-0.1, -0.05) is 0 Å². The van der Waals surface area contributed by atoms with Crippen LogP contribution in [0.2, 0.25) is 0 Å². The van der Waals surface area contributed by atoms with Gasteiger partial charge in [-0.05, 0) is 48.6 Å². The zero-order valence-corrected chi connectivity index (χ0v) is 26.5. The summed E-state index contributed by atoms with van der Waals surface area (Å²) in [5, 5.41) is 3.55. The van der Waals surface area contributed by atoms with Crippen LogP contribution in [0, 0.1) is 13.8 Å². The third-order valence-corrected chi connectivity index (χ3v) is 7.83. The third-order valence-electron chi connectivity index (χ3n) is 7.83. The third kappa shape index (κ3) is 6.36. The molecule has 2 aromatic heterocycles. The Bertz CT molecular complexity index is 1900. The molecule has 0 amide bonds. The van der Waals surface area contributed by atoms with E-state index >= 15 is 0 Å². The minimum Gasteiger partial charge on any atom is -0.463 e. The molecular weight excluding hydrogens is 600 g/mol. The molecule has 1 aliphatic rings. The Morgan fingerprint density at radius 3 is 2.04 bits per heavy atom. The molecule has 0 bridgehead atoms. The van der Waals surface area contributed by atoms with Gasteiger partial charge in [0, 0.05) is 62.4 Å². The van der Waals surface area contributed by atoms with Gasteiger partial charge in [0.05, 0.1) is 5.52 Å². The first-order chi connectivity index (χ1) is 21.7. The highest BCUT2D eigenvalue weighted by atomic mass is 16.7. The van der Waals surface area contributed by atoms with Crippen LogP contribution >= 0.6 is 0 Å². The number of aryl methyl sites for hydroxylation is 2. The zero-order chi connectivity index (χ0) is 33.4. The Kier molecular flexibility index (Phi) is 8.97. The van der Waals surface area contributed by atoms with Crippen LogP contribution in [0.15, 0.2) is 36.7 Å². The fourth-order valence-corrected chi connectivity index (χ4v) is 6.08. The smallest absolute Gasteiger partial charge is 0.308 e.